The van der Waals surface area contributed by atoms with Crippen molar-refractivity contribution in [3.63, 3.8) is 0 Å². The van der Waals surface area contributed by atoms with Crippen molar-refractivity contribution >= 4 is 55.1 Å². The molecular formula is C24H21Br2NO4. The van der Waals surface area contributed by atoms with E-state index >= 15 is 0 Å². The second-order valence-electron chi connectivity index (χ2n) is 8.50. The lowest BCUT2D eigenvalue weighted by molar-refractivity contribution is -0.123. The summed E-state index contributed by atoms with van der Waals surface area (Å²) >= 11 is 7.42. The van der Waals surface area contributed by atoms with Gasteiger partial charge in [-0.1, -0.05) is 68.3 Å². The lowest BCUT2D eigenvalue weighted by Gasteiger charge is -2.28. The molecule has 0 N–H and O–H groups in total. The Morgan fingerprint density at radius 3 is 2.19 bits per heavy atom. The number of fused-ring (bicyclic) bond motifs is 5. The van der Waals surface area contributed by atoms with Gasteiger partial charge in [-0.2, -0.15) is 0 Å². The normalized spacial score (nSPS) is 32.3. The van der Waals surface area contributed by atoms with Gasteiger partial charge in [0.15, 0.2) is 6.10 Å². The van der Waals surface area contributed by atoms with Crippen LogP contribution >= 0.6 is 31.9 Å². The number of ether oxygens (including phenoxy) is 1. The highest BCUT2D eigenvalue weighted by atomic mass is 79.9. The molecule has 0 unspecified atom stereocenters. The Labute approximate surface area is 197 Å². The van der Waals surface area contributed by atoms with Crippen molar-refractivity contribution < 1.29 is 19.1 Å². The third kappa shape index (κ3) is 3.28. The van der Waals surface area contributed by atoms with Gasteiger partial charge in [0.05, 0.1) is 17.5 Å². The Kier molecular flexibility index (Phi) is 5.29. The van der Waals surface area contributed by atoms with Gasteiger partial charge < -0.3 is 4.74 Å². The number of halogens is 2. The molecule has 1 heterocycles. The Hall–Kier alpha value is -1.99. The number of ketones is 1. The Balaban J connectivity index is 1.37. The molecule has 2 amide bonds. The van der Waals surface area contributed by atoms with Crippen LogP contribution in [0.4, 0.5) is 5.69 Å². The van der Waals surface area contributed by atoms with E-state index in [9.17, 15) is 14.4 Å². The second-order valence-corrected chi connectivity index (χ2v) is 10.6. The first-order chi connectivity index (χ1) is 14.9. The molecule has 5 rings (SSSR count). The maximum Gasteiger partial charge on any atom is 0.238 e. The topological polar surface area (TPSA) is 63.7 Å². The van der Waals surface area contributed by atoms with Gasteiger partial charge in [0.2, 0.25) is 17.6 Å². The van der Waals surface area contributed by atoms with Gasteiger partial charge in [0, 0.05) is 21.3 Å². The van der Waals surface area contributed by atoms with Crippen LogP contribution in [0.5, 0.6) is 5.75 Å². The van der Waals surface area contributed by atoms with Crippen molar-refractivity contribution in [2.75, 3.05) is 4.90 Å². The number of hydrogen-bond acceptors (Lipinski definition) is 4. The first kappa shape index (κ1) is 20.9. The largest absolute Gasteiger partial charge is 0.482 e. The molecule has 1 saturated heterocycles. The average molecular weight is 547 g/mol. The molecule has 3 fully saturated rings. The quantitative estimate of drug-likeness (QED) is 0.312. The minimum Gasteiger partial charge on any atom is -0.482 e. The van der Waals surface area contributed by atoms with E-state index in [1.807, 2.05) is 18.2 Å². The van der Waals surface area contributed by atoms with E-state index in [-0.39, 0.29) is 50.9 Å². The average Bonchev–Trinajstić information content (AvgIpc) is 3.38. The highest BCUT2D eigenvalue weighted by molar-refractivity contribution is 9.12. The first-order valence-corrected chi connectivity index (χ1v) is 12.2. The molecule has 2 saturated carbocycles. The van der Waals surface area contributed by atoms with Gasteiger partial charge in [-0.05, 0) is 37.3 Å². The van der Waals surface area contributed by atoms with Gasteiger partial charge >= 0.3 is 0 Å². The number of amides is 2. The van der Waals surface area contributed by atoms with E-state index in [0.717, 1.165) is 6.42 Å². The fraction of sp³-hybridized carbons (Fsp3) is 0.375. The van der Waals surface area contributed by atoms with Crippen LogP contribution in [0.15, 0.2) is 54.6 Å². The molecule has 7 atom stereocenters. The summed E-state index contributed by atoms with van der Waals surface area (Å²) in [6, 6.07) is 15.9. The van der Waals surface area contributed by atoms with Crippen molar-refractivity contribution in [1.82, 2.24) is 0 Å². The van der Waals surface area contributed by atoms with Crippen LogP contribution in [0.3, 0.4) is 0 Å². The number of carbonyl (C=O) groups excluding carboxylic acids is 3. The zero-order chi connectivity index (χ0) is 21.9. The zero-order valence-electron chi connectivity index (χ0n) is 16.8. The monoisotopic (exact) mass is 545 g/mol. The number of alkyl halides is 2. The summed E-state index contributed by atoms with van der Waals surface area (Å²) in [5.41, 5.74) is 1.07. The van der Waals surface area contributed by atoms with Crippen LogP contribution < -0.4 is 9.64 Å². The Bertz CT molecular complexity index is 1030. The van der Waals surface area contributed by atoms with Gasteiger partial charge in [-0.3, -0.25) is 14.4 Å². The highest BCUT2D eigenvalue weighted by Gasteiger charge is 2.66. The lowest BCUT2D eigenvalue weighted by Crippen LogP contribution is -2.37. The zero-order valence-corrected chi connectivity index (χ0v) is 20.0. The summed E-state index contributed by atoms with van der Waals surface area (Å²) in [5.74, 6) is -0.122. The molecule has 5 nitrogen and oxygen atoms in total. The number of Topliss-reactive ketones (excluding diaryl/α,β-unsaturated/α-hetero) is 1. The van der Waals surface area contributed by atoms with Crippen LogP contribution in [0.1, 0.15) is 23.7 Å². The van der Waals surface area contributed by atoms with E-state index in [0.29, 0.717) is 17.0 Å². The molecule has 2 aromatic rings. The van der Waals surface area contributed by atoms with E-state index in [2.05, 4.69) is 31.9 Å². The predicted molar refractivity (Wildman–Crippen MR) is 124 cm³/mol. The van der Waals surface area contributed by atoms with Crippen LogP contribution in [0.25, 0.3) is 0 Å². The fourth-order valence-electron chi connectivity index (χ4n) is 5.39. The van der Waals surface area contributed by atoms with Gasteiger partial charge in [-0.15, -0.1) is 0 Å². The summed E-state index contributed by atoms with van der Waals surface area (Å²) in [4.78, 5) is 40.8. The fourth-order valence-corrected chi connectivity index (χ4v) is 7.27. The van der Waals surface area contributed by atoms with E-state index in [4.69, 9.17) is 4.74 Å². The molecule has 1 aliphatic heterocycles. The van der Waals surface area contributed by atoms with Crippen LogP contribution in [0, 0.1) is 23.7 Å². The number of hydrogen-bond donors (Lipinski definition) is 0. The van der Waals surface area contributed by atoms with Crippen LogP contribution in [-0.4, -0.2) is 33.4 Å². The van der Waals surface area contributed by atoms with Gasteiger partial charge in [-0.25, -0.2) is 4.90 Å². The number of imide groups is 1. The molecule has 0 radical (unpaired) electrons. The van der Waals surface area contributed by atoms with Crippen molar-refractivity contribution in [1.29, 1.82) is 0 Å². The molecule has 7 heteroatoms. The van der Waals surface area contributed by atoms with E-state index in [1.54, 1.807) is 43.3 Å². The Morgan fingerprint density at radius 1 is 0.968 bits per heavy atom. The van der Waals surface area contributed by atoms with E-state index < -0.39 is 6.10 Å². The molecule has 3 aliphatic rings. The van der Waals surface area contributed by atoms with Crippen LogP contribution in [-0.2, 0) is 9.59 Å². The van der Waals surface area contributed by atoms with Gasteiger partial charge in [0.25, 0.3) is 0 Å². The Morgan fingerprint density at radius 2 is 1.58 bits per heavy atom. The smallest absolute Gasteiger partial charge is 0.238 e. The maximum absolute atomic E-state index is 13.2. The lowest BCUT2D eigenvalue weighted by atomic mass is 9.81. The summed E-state index contributed by atoms with van der Waals surface area (Å²) in [5, 5.41) is 0. The van der Waals surface area contributed by atoms with Crippen molar-refractivity contribution in [3.8, 4) is 5.75 Å². The summed E-state index contributed by atoms with van der Waals surface area (Å²) in [6.45, 7) is 1.70. The second kappa shape index (κ2) is 7.85. The van der Waals surface area contributed by atoms with Crippen LogP contribution in [0.2, 0.25) is 0 Å². The number of nitrogens with zero attached hydrogens (tertiary/aromatic N) is 1. The van der Waals surface area contributed by atoms with Crippen molar-refractivity contribution in [3.05, 3.63) is 60.2 Å². The minimum absolute atomic E-state index is 0.128. The summed E-state index contributed by atoms with van der Waals surface area (Å²) in [7, 11) is 0. The SMILES string of the molecule is C[C@H](Oc1cccc(N2C(=O)[C@@H]3[C@H]4C[C@@H]([C@@H](Br)[C@H]4Br)[C@H]3C2=O)c1)C(=O)c1ccccc1. The molecular weight excluding hydrogens is 526 g/mol. The number of anilines is 1. The standard InChI is InChI=1S/C24H21Br2NO4/c1-12(22(28)13-6-3-2-4-7-13)31-15-9-5-8-14(10-15)27-23(29)18-16-11-17(19(18)24(27)30)21(26)20(16)25/h2-10,12,16-21H,11H2,1H3/t12-,16+,17+,18+,19+,20-,21+/m0/s1. The molecule has 31 heavy (non-hydrogen) atoms. The van der Waals surface area contributed by atoms with Gasteiger partial charge in [0.1, 0.15) is 5.75 Å². The summed E-state index contributed by atoms with van der Waals surface area (Å²) < 4.78 is 5.87. The molecule has 0 spiro atoms. The highest BCUT2D eigenvalue weighted by Crippen LogP contribution is 2.60. The summed E-state index contributed by atoms with van der Waals surface area (Å²) in [6.07, 6.45) is 0.204. The predicted octanol–water partition coefficient (Wildman–Crippen LogP) is 4.62. The minimum atomic E-state index is -0.693. The number of carbonyl (C=O) groups is 3. The number of rotatable bonds is 5. The molecule has 2 aliphatic carbocycles. The van der Waals surface area contributed by atoms with Crippen molar-refractivity contribution in [2.45, 2.75) is 29.1 Å². The molecule has 2 bridgehead atoms. The van der Waals surface area contributed by atoms with Crippen molar-refractivity contribution in [2.24, 2.45) is 23.7 Å². The molecule has 2 aromatic carbocycles. The molecule has 0 aromatic heterocycles. The first-order valence-electron chi connectivity index (χ1n) is 10.4. The van der Waals surface area contributed by atoms with E-state index in [1.165, 1.54) is 4.90 Å². The molecule has 160 valence electrons. The third-order valence-electron chi connectivity index (χ3n) is 6.80. The third-order valence-corrected chi connectivity index (χ3v) is 10.0. The maximum atomic E-state index is 13.2. The number of benzene rings is 2.